The molecule has 0 radical (unpaired) electrons. The monoisotopic (exact) mass is 380 g/mol. The van der Waals surface area contributed by atoms with Crippen molar-refractivity contribution in [1.29, 1.82) is 0 Å². The second kappa shape index (κ2) is 8.18. The van der Waals surface area contributed by atoms with Crippen LogP contribution in [0.2, 0.25) is 0 Å². The lowest BCUT2D eigenvalue weighted by atomic mass is 10.2. The van der Waals surface area contributed by atoms with E-state index >= 15 is 0 Å². The van der Waals surface area contributed by atoms with E-state index in [9.17, 15) is 17.6 Å². The number of carbonyl (C=O) groups excluding carboxylic acids is 1. The standard InChI is InChI=1S/C18H21FN2O4S/c1-4-25-17-10-6-8-15(12-17)20-18(22)13(2)21(26(3,23)24)16-9-5-7-14(19)11-16/h5-13H,4H2,1-3H3,(H,20,22)/t13-/m0/s1. The van der Waals surface area contributed by atoms with E-state index in [-0.39, 0.29) is 5.69 Å². The first-order valence-electron chi connectivity index (χ1n) is 8.01. The van der Waals surface area contributed by atoms with E-state index in [0.29, 0.717) is 18.0 Å². The summed E-state index contributed by atoms with van der Waals surface area (Å²) in [4.78, 5) is 12.6. The van der Waals surface area contributed by atoms with Crippen LogP contribution in [-0.2, 0) is 14.8 Å². The lowest BCUT2D eigenvalue weighted by Gasteiger charge is -2.28. The second-order valence-corrected chi connectivity index (χ2v) is 7.52. The highest BCUT2D eigenvalue weighted by molar-refractivity contribution is 7.92. The lowest BCUT2D eigenvalue weighted by Crippen LogP contribution is -2.45. The highest BCUT2D eigenvalue weighted by atomic mass is 32.2. The van der Waals surface area contributed by atoms with Crippen molar-refractivity contribution in [3.8, 4) is 5.75 Å². The molecule has 2 aromatic carbocycles. The van der Waals surface area contributed by atoms with E-state index in [1.807, 2.05) is 6.92 Å². The molecule has 0 heterocycles. The number of sulfonamides is 1. The van der Waals surface area contributed by atoms with E-state index in [2.05, 4.69) is 5.32 Å². The van der Waals surface area contributed by atoms with E-state index < -0.39 is 27.8 Å². The van der Waals surface area contributed by atoms with E-state index in [1.165, 1.54) is 25.1 Å². The van der Waals surface area contributed by atoms with E-state index in [0.717, 1.165) is 16.6 Å². The van der Waals surface area contributed by atoms with Crippen LogP contribution in [0.1, 0.15) is 13.8 Å². The average molecular weight is 380 g/mol. The van der Waals surface area contributed by atoms with E-state index in [4.69, 9.17) is 4.74 Å². The highest BCUT2D eigenvalue weighted by Crippen LogP contribution is 2.23. The van der Waals surface area contributed by atoms with Crippen LogP contribution in [0.4, 0.5) is 15.8 Å². The van der Waals surface area contributed by atoms with Gasteiger partial charge in [-0.1, -0.05) is 12.1 Å². The Balaban J connectivity index is 2.27. The number of ether oxygens (including phenoxy) is 1. The summed E-state index contributed by atoms with van der Waals surface area (Å²) in [5.74, 6) is -0.551. The Morgan fingerprint density at radius 2 is 1.92 bits per heavy atom. The number of nitrogens with zero attached hydrogens (tertiary/aromatic N) is 1. The molecule has 0 unspecified atom stereocenters. The minimum atomic E-state index is -3.81. The third kappa shape index (κ3) is 4.95. The number of anilines is 2. The van der Waals surface area contributed by atoms with Crippen molar-refractivity contribution in [2.24, 2.45) is 0 Å². The first-order valence-corrected chi connectivity index (χ1v) is 9.86. The van der Waals surface area contributed by atoms with Crippen LogP contribution in [0.25, 0.3) is 0 Å². The second-order valence-electron chi connectivity index (χ2n) is 5.66. The predicted molar refractivity (Wildman–Crippen MR) is 99.4 cm³/mol. The van der Waals surface area contributed by atoms with Crippen LogP contribution in [-0.4, -0.2) is 33.2 Å². The van der Waals surface area contributed by atoms with Gasteiger partial charge in [-0.2, -0.15) is 0 Å². The smallest absolute Gasteiger partial charge is 0.247 e. The molecular weight excluding hydrogens is 359 g/mol. The number of nitrogens with one attached hydrogen (secondary N) is 1. The average Bonchev–Trinajstić information content (AvgIpc) is 2.54. The molecule has 26 heavy (non-hydrogen) atoms. The Morgan fingerprint density at radius 1 is 1.23 bits per heavy atom. The maximum Gasteiger partial charge on any atom is 0.247 e. The zero-order valence-electron chi connectivity index (χ0n) is 14.8. The number of amides is 1. The summed E-state index contributed by atoms with van der Waals surface area (Å²) in [5.41, 5.74) is 0.554. The molecule has 0 spiro atoms. The summed E-state index contributed by atoms with van der Waals surface area (Å²) in [6.07, 6.45) is 0.970. The minimum Gasteiger partial charge on any atom is -0.494 e. The van der Waals surface area contributed by atoms with Crippen molar-refractivity contribution < 1.29 is 22.3 Å². The van der Waals surface area contributed by atoms with Gasteiger partial charge in [-0.05, 0) is 44.2 Å². The summed E-state index contributed by atoms with van der Waals surface area (Å²) >= 11 is 0. The fourth-order valence-electron chi connectivity index (χ4n) is 2.50. The molecule has 0 saturated carbocycles. The topological polar surface area (TPSA) is 75.7 Å². The number of rotatable bonds is 7. The fourth-order valence-corrected chi connectivity index (χ4v) is 3.67. The predicted octanol–water partition coefficient (Wildman–Crippen LogP) is 3.02. The molecule has 0 aliphatic carbocycles. The van der Waals surface area contributed by atoms with Crippen LogP contribution in [0.3, 0.4) is 0 Å². The van der Waals surface area contributed by atoms with Gasteiger partial charge >= 0.3 is 0 Å². The van der Waals surface area contributed by atoms with Gasteiger partial charge < -0.3 is 10.1 Å². The summed E-state index contributed by atoms with van der Waals surface area (Å²) in [5, 5.41) is 2.66. The molecule has 2 aromatic rings. The zero-order valence-corrected chi connectivity index (χ0v) is 15.6. The molecule has 140 valence electrons. The van der Waals surface area contributed by atoms with Crippen LogP contribution >= 0.6 is 0 Å². The number of benzene rings is 2. The Labute approximate surface area is 152 Å². The van der Waals surface area contributed by atoms with Gasteiger partial charge in [0.2, 0.25) is 15.9 Å². The van der Waals surface area contributed by atoms with Gasteiger partial charge in [0.05, 0.1) is 18.6 Å². The molecule has 0 aromatic heterocycles. The maximum absolute atomic E-state index is 13.5. The molecule has 0 aliphatic heterocycles. The molecule has 1 N–H and O–H groups in total. The number of halogens is 1. The van der Waals surface area contributed by atoms with Gasteiger partial charge in [-0.15, -0.1) is 0 Å². The van der Waals surface area contributed by atoms with Gasteiger partial charge in [0.25, 0.3) is 0 Å². The lowest BCUT2D eigenvalue weighted by molar-refractivity contribution is -0.116. The minimum absolute atomic E-state index is 0.0817. The Morgan fingerprint density at radius 3 is 2.54 bits per heavy atom. The highest BCUT2D eigenvalue weighted by Gasteiger charge is 2.29. The molecule has 6 nitrogen and oxygen atoms in total. The summed E-state index contributed by atoms with van der Waals surface area (Å²) in [6.45, 7) is 3.76. The van der Waals surface area contributed by atoms with Crippen molar-refractivity contribution in [2.45, 2.75) is 19.9 Å². The molecule has 0 saturated heterocycles. The third-order valence-corrected chi connectivity index (χ3v) is 4.81. The SMILES string of the molecule is CCOc1cccc(NC(=O)[C@H](C)N(c2cccc(F)c2)S(C)(=O)=O)c1. The van der Waals surface area contributed by atoms with Crippen LogP contribution in [0, 0.1) is 5.82 Å². The third-order valence-electron chi connectivity index (χ3n) is 3.56. The van der Waals surface area contributed by atoms with Gasteiger partial charge in [-0.25, -0.2) is 12.8 Å². The first kappa shape index (κ1) is 19.7. The Hall–Kier alpha value is -2.61. The van der Waals surface area contributed by atoms with Gasteiger partial charge in [0.15, 0.2) is 0 Å². The molecule has 1 amide bonds. The largest absolute Gasteiger partial charge is 0.494 e. The Kier molecular flexibility index (Phi) is 6.20. The molecule has 0 aliphatic rings. The maximum atomic E-state index is 13.5. The van der Waals surface area contributed by atoms with Crippen molar-refractivity contribution in [3.05, 3.63) is 54.3 Å². The van der Waals surface area contributed by atoms with Crippen LogP contribution in [0.15, 0.2) is 48.5 Å². The van der Waals surface area contributed by atoms with Crippen LogP contribution < -0.4 is 14.4 Å². The van der Waals surface area contributed by atoms with Gasteiger partial charge in [0, 0.05) is 11.8 Å². The summed E-state index contributed by atoms with van der Waals surface area (Å²) < 4.78 is 44.1. The van der Waals surface area contributed by atoms with Crippen molar-refractivity contribution >= 4 is 27.3 Å². The summed E-state index contributed by atoms with van der Waals surface area (Å²) in [6, 6.07) is 10.8. The molecule has 2 rings (SSSR count). The number of carbonyl (C=O) groups is 1. The van der Waals surface area contributed by atoms with Gasteiger partial charge in [0.1, 0.15) is 17.6 Å². The van der Waals surface area contributed by atoms with Crippen LogP contribution in [0.5, 0.6) is 5.75 Å². The van der Waals surface area contributed by atoms with E-state index in [1.54, 1.807) is 24.3 Å². The molecule has 1 atom stereocenters. The number of hydrogen-bond acceptors (Lipinski definition) is 4. The quantitative estimate of drug-likeness (QED) is 0.801. The number of hydrogen-bond donors (Lipinski definition) is 1. The molecule has 0 bridgehead atoms. The molecule has 0 fully saturated rings. The van der Waals surface area contributed by atoms with Gasteiger partial charge in [-0.3, -0.25) is 9.10 Å². The first-order chi connectivity index (χ1) is 12.2. The molecular formula is C18H21FN2O4S. The Bertz CT molecular complexity index is 886. The zero-order chi connectivity index (χ0) is 19.3. The normalized spacial score (nSPS) is 12.3. The molecule has 8 heteroatoms. The summed E-state index contributed by atoms with van der Waals surface area (Å²) in [7, 11) is -3.81. The fraction of sp³-hybridized carbons (Fsp3) is 0.278. The van der Waals surface area contributed by atoms with Crippen molar-refractivity contribution in [2.75, 3.05) is 22.5 Å². The van der Waals surface area contributed by atoms with Crippen molar-refractivity contribution in [1.82, 2.24) is 0 Å². The van der Waals surface area contributed by atoms with Crippen molar-refractivity contribution in [3.63, 3.8) is 0 Å².